The highest BCUT2D eigenvalue weighted by Crippen LogP contribution is 2.26. The molecule has 3 amide bonds. The third kappa shape index (κ3) is 3.09. The van der Waals surface area contributed by atoms with E-state index >= 15 is 0 Å². The maximum absolute atomic E-state index is 12.9. The van der Waals surface area contributed by atoms with Crippen LogP contribution in [-0.4, -0.2) is 55.0 Å². The zero-order valence-electron chi connectivity index (χ0n) is 14.3. The molecule has 1 aromatic carbocycles. The molecule has 6 heteroatoms. The minimum Gasteiger partial charge on any atom is -0.463 e. The van der Waals surface area contributed by atoms with Crippen LogP contribution in [-0.2, 0) is 0 Å². The summed E-state index contributed by atoms with van der Waals surface area (Å²) >= 11 is 0. The summed E-state index contributed by atoms with van der Waals surface area (Å²) in [6, 6.07) is 5.67. The van der Waals surface area contributed by atoms with Gasteiger partial charge in [-0.25, -0.2) is 4.79 Å². The van der Waals surface area contributed by atoms with Crippen LogP contribution in [0.25, 0.3) is 11.0 Å². The number of nitrogens with zero attached hydrogens (tertiary/aromatic N) is 2. The summed E-state index contributed by atoms with van der Waals surface area (Å²) in [5.74, 6) is -0.0387. The molecular weight excluding hydrogens is 306 g/mol. The fourth-order valence-corrected chi connectivity index (χ4v) is 3.12. The fourth-order valence-electron chi connectivity index (χ4n) is 3.12. The van der Waals surface area contributed by atoms with Crippen molar-refractivity contribution < 1.29 is 14.0 Å². The van der Waals surface area contributed by atoms with Crippen molar-refractivity contribution in [3.8, 4) is 0 Å². The van der Waals surface area contributed by atoms with Crippen molar-refractivity contribution in [2.75, 3.05) is 27.2 Å². The molecule has 2 aromatic rings. The average Bonchev–Trinajstić information content (AvgIpc) is 2.99. The summed E-state index contributed by atoms with van der Waals surface area (Å²) in [5, 5.41) is 3.81. The zero-order valence-corrected chi connectivity index (χ0v) is 14.3. The molecule has 128 valence electrons. The van der Waals surface area contributed by atoms with E-state index in [1.165, 1.54) is 4.90 Å². The lowest BCUT2D eigenvalue weighted by Gasteiger charge is -2.33. The van der Waals surface area contributed by atoms with E-state index in [0.29, 0.717) is 18.7 Å². The number of carbonyl (C=O) groups excluding carboxylic acids is 2. The second-order valence-corrected chi connectivity index (χ2v) is 6.54. The summed E-state index contributed by atoms with van der Waals surface area (Å²) in [6.45, 7) is 3.19. The third-order valence-corrected chi connectivity index (χ3v) is 4.47. The van der Waals surface area contributed by atoms with Crippen molar-refractivity contribution in [1.82, 2.24) is 15.1 Å². The second kappa shape index (κ2) is 6.55. The largest absolute Gasteiger partial charge is 0.463 e. The highest BCUT2D eigenvalue weighted by molar-refractivity contribution is 6.06. The van der Waals surface area contributed by atoms with Crippen molar-refractivity contribution in [3.05, 3.63) is 35.6 Å². The smallest absolute Gasteiger partial charge is 0.317 e. The molecule has 1 aliphatic rings. The molecule has 2 heterocycles. The Hall–Kier alpha value is -2.50. The van der Waals surface area contributed by atoms with Crippen LogP contribution in [0, 0.1) is 6.92 Å². The molecule has 0 bridgehead atoms. The number of furan rings is 1. The first-order valence-corrected chi connectivity index (χ1v) is 8.21. The van der Waals surface area contributed by atoms with Gasteiger partial charge < -0.3 is 19.5 Å². The topological polar surface area (TPSA) is 65.8 Å². The van der Waals surface area contributed by atoms with Gasteiger partial charge in [-0.2, -0.15) is 0 Å². The zero-order chi connectivity index (χ0) is 17.3. The van der Waals surface area contributed by atoms with E-state index in [0.717, 1.165) is 29.4 Å². The summed E-state index contributed by atoms with van der Waals surface area (Å²) in [6.07, 6.45) is 3.30. The lowest BCUT2D eigenvalue weighted by Crippen LogP contribution is -2.51. The van der Waals surface area contributed by atoms with E-state index in [9.17, 15) is 9.59 Å². The molecule has 0 spiro atoms. The first-order valence-electron chi connectivity index (χ1n) is 8.21. The number of likely N-dealkylation sites (tertiary alicyclic amines) is 1. The van der Waals surface area contributed by atoms with Gasteiger partial charge in [0.1, 0.15) is 11.8 Å². The lowest BCUT2D eigenvalue weighted by atomic mass is 10.0. The van der Waals surface area contributed by atoms with Gasteiger partial charge in [0.25, 0.3) is 5.91 Å². The van der Waals surface area contributed by atoms with Gasteiger partial charge in [0.2, 0.25) is 0 Å². The molecule has 0 radical (unpaired) electrons. The Morgan fingerprint density at radius 1 is 1.33 bits per heavy atom. The Morgan fingerprint density at radius 3 is 2.88 bits per heavy atom. The molecule has 0 saturated carbocycles. The highest BCUT2D eigenvalue weighted by atomic mass is 16.3. The molecule has 1 atom stereocenters. The summed E-state index contributed by atoms with van der Waals surface area (Å²) in [5.41, 5.74) is 2.37. The van der Waals surface area contributed by atoms with E-state index < -0.39 is 0 Å². The van der Waals surface area contributed by atoms with Gasteiger partial charge >= 0.3 is 6.03 Å². The van der Waals surface area contributed by atoms with Crippen molar-refractivity contribution in [2.24, 2.45) is 0 Å². The number of fused-ring (bicyclic) bond motifs is 1. The number of nitrogens with one attached hydrogen (secondary N) is 1. The number of hydrogen-bond acceptors (Lipinski definition) is 3. The van der Waals surface area contributed by atoms with Crippen LogP contribution >= 0.6 is 0 Å². The molecular formula is C18H23N3O3. The molecule has 24 heavy (non-hydrogen) atoms. The van der Waals surface area contributed by atoms with Crippen LogP contribution in [0.1, 0.15) is 28.8 Å². The van der Waals surface area contributed by atoms with Gasteiger partial charge in [0.15, 0.2) is 0 Å². The van der Waals surface area contributed by atoms with Crippen LogP contribution in [0.5, 0.6) is 0 Å². The van der Waals surface area contributed by atoms with Crippen LogP contribution in [0.2, 0.25) is 0 Å². The van der Waals surface area contributed by atoms with Gasteiger partial charge in [0, 0.05) is 38.6 Å². The number of carbonyl (C=O) groups is 2. The number of piperidine rings is 1. The quantitative estimate of drug-likeness (QED) is 0.921. The maximum atomic E-state index is 12.9. The maximum Gasteiger partial charge on any atom is 0.317 e. The molecule has 1 aromatic heterocycles. The SMILES string of the molecule is Cc1cccc2c(C(=O)N3CCCC(NC(=O)N(C)C)C3)coc12. The number of urea groups is 1. The molecule has 6 nitrogen and oxygen atoms in total. The van der Waals surface area contributed by atoms with Gasteiger partial charge in [0.05, 0.1) is 5.56 Å². The Kier molecular flexibility index (Phi) is 4.46. The second-order valence-electron chi connectivity index (χ2n) is 6.54. The normalized spacial score (nSPS) is 17.8. The first-order chi connectivity index (χ1) is 11.5. The van der Waals surface area contributed by atoms with Crippen molar-refractivity contribution in [2.45, 2.75) is 25.8 Å². The summed E-state index contributed by atoms with van der Waals surface area (Å²) < 4.78 is 5.59. The van der Waals surface area contributed by atoms with Crippen molar-refractivity contribution in [3.63, 3.8) is 0 Å². The van der Waals surface area contributed by atoms with Gasteiger partial charge in [-0.1, -0.05) is 18.2 Å². The van der Waals surface area contributed by atoms with Gasteiger partial charge in [-0.3, -0.25) is 4.79 Å². The molecule has 1 N–H and O–H groups in total. The number of benzene rings is 1. The summed E-state index contributed by atoms with van der Waals surface area (Å²) in [7, 11) is 3.42. The average molecular weight is 329 g/mol. The molecule has 1 unspecified atom stereocenters. The van der Waals surface area contributed by atoms with E-state index in [4.69, 9.17) is 4.42 Å². The van der Waals surface area contributed by atoms with Gasteiger partial charge in [-0.05, 0) is 25.3 Å². The lowest BCUT2D eigenvalue weighted by molar-refractivity contribution is 0.0696. The van der Waals surface area contributed by atoms with Crippen LogP contribution in [0.4, 0.5) is 4.79 Å². The fraction of sp³-hybridized carbons (Fsp3) is 0.444. The predicted molar refractivity (Wildman–Crippen MR) is 92.1 cm³/mol. The summed E-state index contributed by atoms with van der Waals surface area (Å²) in [4.78, 5) is 28.0. The highest BCUT2D eigenvalue weighted by Gasteiger charge is 2.27. The van der Waals surface area contributed by atoms with E-state index in [-0.39, 0.29) is 18.0 Å². The molecule has 1 saturated heterocycles. The number of rotatable bonds is 2. The molecule has 0 aliphatic carbocycles. The predicted octanol–water partition coefficient (Wildman–Crippen LogP) is 2.62. The Labute approximate surface area is 141 Å². The van der Waals surface area contributed by atoms with Crippen molar-refractivity contribution in [1.29, 1.82) is 0 Å². The number of aryl methyl sites for hydroxylation is 1. The number of hydrogen-bond donors (Lipinski definition) is 1. The van der Waals surface area contributed by atoms with E-state index in [1.807, 2.05) is 25.1 Å². The Balaban J connectivity index is 1.76. The molecule has 1 fully saturated rings. The Morgan fingerprint density at radius 2 is 2.12 bits per heavy atom. The number of para-hydroxylation sites is 1. The first kappa shape index (κ1) is 16.4. The minimum atomic E-state index is -0.126. The number of amides is 3. The van der Waals surface area contributed by atoms with Crippen LogP contribution in [0.15, 0.2) is 28.9 Å². The van der Waals surface area contributed by atoms with Crippen LogP contribution < -0.4 is 5.32 Å². The van der Waals surface area contributed by atoms with Gasteiger partial charge in [-0.15, -0.1) is 0 Å². The standard InChI is InChI=1S/C18H23N3O3/c1-12-6-4-8-14-15(11-24-16(12)14)17(22)21-9-5-7-13(10-21)19-18(23)20(2)3/h4,6,8,11,13H,5,7,9-10H2,1-3H3,(H,19,23). The van der Waals surface area contributed by atoms with E-state index in [1.54, 1.807) is 25.3 Å². The van der Waals surface area contributed by atoms with E-state index in [2.05, 4.69) is 5.32 Å². The van der Waals surface area contributed by atoms with Crippen molar-refractivity contribution >= 4 is 22.9 Å². The molecule has 3 rings (SSSR count). The molecule has 1 aliphatic heterocycles. The van der Waals surface area contributed by atoms with Crippen LogP contribution in [0.3, 0.4) is 0 Å². The minimum absolute atomic E-state index is 0.0162. The monoisotopic (exact) mass is 329 g/mol. The third-order valence-electron chi connectivity index (χ3n) is 4.47. The Bertz CT molecular complexity index is 766.